The molecule has 0 aliphatic heterocycles. The van der Waals surface area contributed by atoms with E-state index in [0.717, 1.165) is 12.8 Å². The van der Waals surface area contributed by atoms with Crippen molar-refractivity contribution in [3.05, 3.63) is 64.7 Å². The highest BCUT2D eigenvalue weighted by Crippen LogP contribution is 2.13. The van der Waals surface area contributed by atoms with Crippen LogP contribution in [0.2, 0.25) is 5.02 Å². The van der Waals surface area contributed by atoms with E-state index in [4.69, 9.17) is 16.3 Å². The molecule has 2 aromatic rings. The van der Waals surface area contributed by atoms with E-state index in [2.05, 4.69) is 17.8 Å². The molecule has 2 amide bonds. The molecule has 0 saturated heterocycles. The van der Waals surface area contributed by atoms with Gasteiger partial charge in [0.25, 0.3) is 11.8 Å². The summed E-state index contributed by atoms with van der Waals surface area (Å²) >= 11 is 5.75. The summed E-state index contributed by atoms with van der Waals surface area (Å²) in [5.74, 6) is -0.270. The normalized spacial score (nSPS) is 10.1. The Hall–Kier alpha value is -2.53. The van der Waals surface area contributed by atoms with Gasteiger partial charge in [-0.1, -0.05) is 37.1 Å². The summed E-state index contributed by atoms with van der Waals surface area (Å²) in [5, 5.41) is 0.536. The van der Waals surface area contributed by atoms with Gasteiger partial charge in [0.15, 0.2) is 6.61 Å². The van der Waals surface area contributed by atoms with Gasteiger partial charge in [-0.05, 0) is 48.4 Å². The van der Waals surface area contributed by atoms with E-state index in [-0.39, 0.29) is 6.61 Å². The molecule has 24 heavy (non-hydrogen) atoms. The van der Waals surface area contributed by atoms with Crippen LogP contribution >= 0.6 is 11.6 Å². The first-order valence-corrected chi connectivity index (χ1v) is 8.02. The highest BCUT2D eigenvalue weighted by atomic mass is 35.5. The molecule has 5 nitrogen and oxygen atoms in total. The highest BCUT2D eigenvalue weighted by molar-refractivity contribution is 6.30. The van der Waals surface area contributed by atoms with E-state index >= 15 is 0 Å². The molecule has 6 heteroatoms. The van der Waals surface area contributed by atoms with Crippen LogP contribution in [0.15, 0.2) is 48.5 Å². The second-order valence-electron chi connectivity index (χ2n) is 5.19. The van der Waals surface area contributed by atoms with Crippen molar-refractivity contribution in [2.45, 2.75) is 19.8 Å². The van der Waals surface area contributed by atoms with Crippen molar-refractivity contribution in [2.24, 2.45) is 0 Å². The fraction of sp³-hybridized carbons (Fsp3) is 0.222. The van der Waals surface area contributed by atoms with E-state index in [1.807, 2.05) is 24.3 Å². The molecule has 0 unspecified atom stereocenters. The lowest BCUT2D eigenvalue weighted by Crippen LogP contribution is -2.43. The van der Waals surface area contributed by atoms with Crippen molar-refractivity contribution in [2.75, 3.05) is 6.61 Å². The number of rotatable bonds is 6. The Morgan fingerprint density at radius 3 is 2.29 bits per heavy atom. The molecule has 0 spiro atoms. The number of halogens is 1. The summed E-state index contributed by atoms with van der Waals surface area (Å²) in [4.78, 5) is 23.5. The maximum absolute atomic E-state index is 11.8. The molecular formula is C18H19ClN2O3. The average molecular weight is 347 g/mol. The first kappa shape index (κ1) is 17.8. The third-order valence-electron chi connectivity index (χ3n) is 3.25. The fourth-order valence-corrected chi connectivity index (χ4v) is 2.15. The van der Waals surface area contributed by atoms with Gasteiger partial charge in [-0.15, -0.1) is 0 Å². The van der Waals surface area contributed by atoms with Crippen molar-refractivity contribution in [3.63, 3.8) is 0 Å². The Balaban J connectivity index is 1.74. The summed E-state index contributed by atoms with van der Waals surface area (Å²) in [6.45, 7) is 1.93. The van der Waals surface area contributed by atoms with Gasteiger partial charge in [0.05, 0.1) is 0 Å². The number of aryl methyl sites for hydroxylation is 1. The fourth-order valence-electron chi connectivity index (χ4n) is 2.03. The Morgan fingerprint density at radius 1 is 1.00 bits per heavy atom. The molecule has 0 aliphatic rings. The number of carbonyl (C=O) groups is 2. The molecular weight excluding hydrogens is 328 g/mol. The Labute approximate surface area is 145 Å². The number of amides is 2. The van der Waals surface area contributed by atoms with E-state index in [0.29, 0.717) is 16.3 Å². The maximum atomic E-state index is 11.8. The van der Waals surface area contributed by atoms with Gasteiger partial charge in [-0.3, -0.25) is 20.4 Å². The highest BCUT2D eigenvalue weighted by Gasteiger charge is 2.08. The maximum Gasteiger partial charge on any atom is 0.276 e. The summed E-state index contributed by atoms with van der Waals surface area (Å²) in [6.07, 6.45) is 2.09. The third-order valence-corrected chi connectivity index (χ3v) is 3.51. The minimum Gasteiger partial charge on any atom is -0.484 e. The molecule has 2 aromatic carbocycles. The zero-order chi connectivity index (χ0) is 17.4. The number of hydrogen-bond donors (Lipinski definition) is 2. The zero-order valence-corrected chi connectivity index (χ0v) is 14.1. The van der Waals surface area contributed by atoms with Crippen molar-refractivity contribution in [1.82, 2.24) is 10.9 Å². The summed E-state index contributed by atoms with van der Waals surface area (Å²) in [7, 11) is 0. The monoisotopic (exact) mass is 346 g/mol. The molecule has 0 heterocycles. The Kier molecular flexibility index (Phi) is 6.63. The smallest absolute Gasteiger partial charge is 0.276 e. The van der Waals surface area contributed by atoms with Crippen molar-refractivity contribution in [3.8, 4) is 5.75 Å². The average Bonchev–Trinajstić information content (AvgIpc) is 2.60. The van der Waals surface area contributed by atoms with Crippen LogP contribution < -0.4 is 15.6 Å². The molecule has 0 aliphatic carbocycles. The lowest BCUT2D eigenvalue weighted by atomic mass is 10.1. The summed E-state index contributed by atoms with van der Waals surface area (Å²) < 4.78 is 5.37. The summed E-state index contributed by atoms with van der Waals surface area (Å²) in [6, 6.07) is 13.9. The van der Waals surface area contributed by atoms with E-state index in [1.165, 1.54) is 5.56 Å². The number of benzene rings is 2. The molecule has 0 fully saturated rings. The van der Waals surface area contributed by atoms with Crippen LogP contribution in [0.4, 0.5) is 0 Å². The molecule has 0 bridgehead atoms. The molecule has 0 saturated carbocycles. The van der Waals surface area contributed by atoms with Crippen LogP contribution in [0.25, 0.3) is 0 Å². The number of ether oxygens (including phenoxy) is 1. The van der Waals surface area contributed by atoms with Gasteiger partial charge >= 0.3 is 0 Å². The first-order valence-electron chi connectivity index (χ1n) is 7.65. The van der Waals surface area contributed by atoms with Gasteiger partial charge in [0.1, 0.15) is 5.75 Å². The lowest BCUT2D eigenvalue weighted by Gasteiger charge is -2.09. The van der Waals surface area contributed by atoms with Crippen molar-refractivity contribution < 1.29 is 14.3 Å². The molecule has 0 atom stereocenters. The van der Waals surface area contributed by atoms with Gasteiger partial charge in [0, 0.05) is 10.6 Å². The van der Waals surface area contributed by atoms with Crippen molar-refractivity contribution >= 4 is 23.4 Å². The molecule has 126 valence electrons. The quantitative estimate of drug-likeness (QED) is 0.790. The Bertz CT molecular complexity index is 684. The third kappa shape index (κ3) is 5.59. The Morgan fingerprint density at radius 2 is 1.67 bits per heavy atom. The number of nitrogens with one attached hydrogen (secondary N) is 2. The number of hydrogen-bond acceptors (Lipinski definition) is 3. The van der Waals surface area contributed by atoms with Gasteiger partial charge < -0.3 is 4.74 Å². The number of carbonyl (C=O) groups excluding carboxylic acids is 2. The molecule has 0 aromatic heterocycles. The SMILES string of the molecule is CCCc1ccc(OCC(=O)NNC(=O)c2ccc(Cl)cc2)cc1. The van der Waals surface area contributed by atoms with E-state index in [1.54, 1.807) is 24.3 Å². The topological polar surface area (TPSA) is 67.4 Å². The largest absolute Gasteiger partial charge is 0.484 e. The van der Waals surface area contributed by atoms with Gasteiger partial charge in [0.2, 0.25) is 0 Å². The van der Waals surface area contributed by atoms with Crippen molar-refractivity contribution in [1.29, 1.82) is 0 Å². The van der Waals surface area contributed by atoms with Crippen LogP contribution in [-0.2, 0) is 11.2 Å². The van der Waals surface area contributed by atoms with Gasteiger partial charge in [-0.25, -0.2) is 0 Å². The van der Waals surface area contributed by atoms with Crippen LogP contribution in [0.1, 0.15) is 29.3 Å². The zero-order valence-electron chi connectivity index (χ0n) is 13.3. The molecule has 0 radical (unpaired) electrons. The minimum absolute atomic E-state index is 0.186. The minimum atomic E-state index is -0.449. The number of hydrazine groups is 1. The molecule has 2 rings (SSSR count). The molecule has 2 N–H and O–H groups in total. The summed E-state index contributed by atoms with van der Waals surface area (Å²) in [5.41, 5.74) is 6.24. The standard InChI is InChI=1S/C18H19ClN2O3/c1-2-3-13-4-10-16(11-5-13)24-12-17(22)20-21-18(23)14-6-8-15(19)9-7-14/h4-11H,2-3,12H2,1H3,(H,20,22)(H,21,23). The first-order chi connectivity index (χ1) is 11.6. The second kappa shape index (κ2) is 8.93. The van der Waals surface area contributed by atoms with Crippen LogP contribution in [0.3, 0.4) is 0 Å². The second-order valence-corrected chi connectivity index (χ2v) is 5.63. The van der Waals surface area contributed by atoms with Crippen LogP contribution in [0.5, 0.6) is 5.75 Å². The van der Waals surface area contributed by atoms with Crippen LogP contribution in [0, 0.1) is 0 Å². The predicted molar refractivity (Wildman–Crippen MR) is 93.0 cm³/mol. The van der Waals surface area contributed by atoms with E-state index < -0.39 is 11.8 Å². The van der Waals surface area contributed by atoms with Crippen LogP contribution in [-0.4, -0.2) is 18.4 Å². The van der Waals surface area contributed by atoms with Gasteiger partial charge in [-0.2, -0.15) is 0 Å². The van der Waals surface area contributed by atoms with E-state index in [9.17, 15) is 9.59 Å². The predicted octanol–water partition coefficient (Wildman–Crippen LogP) is 3.13. The lowest BCUT2D eigenvalue weighted by molar-refractivity contribution is -0.123.